The van der Waals surface area contributed by atoms with E-state index in [1.54, 1.807) is 17.7 Å². The monoisotopic (exact) mass is 169 g/mol. The van der Waals surface area contributed by atoms with Crippen molar-refractivity contribution < 1.29 is 0 Å². The first-order valence-electron chi connectivity index (χ1n) is 2.65. The highest BCUT2D eigenvalue weighted by Gasteiger charge is 1.90. The van der Waals surface area contributed by atoms with Crippen LogP contribution in [0.2, 0.25) is 0 Å². The predicted octanol–water partition coefficient (Wildman–Crippen LogP) is 1.52. The molecule has 0 saturated heterocycles. The predicted molar refractivity (Wildman–Crippen MR) is 41.7 cm³/mol. The van der Waals surface area contributed by atoms with Gasteiger partial charge in [0.25, 0.3) is 0 Å². The summed E-state index contributed by atoms with van der Waals surface area (Å²) in [6, 6.07) is 0. The van der Waals surface area contributed by atoms with Crippen LogP contribution in [0.5, 0.6) is 0 Å². The normalized spacial score (nSPS) is 10.4. The molecule has 0 fully saturated rings. The molecule has 0 aliphatic carbocycles. The van der Waals surface area contributed by atoms with Crippen LogP contribution in [0, 0.1) is 4.77 Å². The summed E-state index contributed by atoms with van der Waals surface area (Å²) >= 11 is 6.32. The lowest BCUT2D eigenvalue weighted by molar-refractivity contribution is 1.01. The van der Waals surface area contributed by atoms with E-state index in [4.69, 9.17) is 12.2 Å². The molecule has 2 heterocycles. The van der Waals surface area contributed by atoms with Crippen LogP contribution in [0.15, 0.2) is 17.9 Å². The molecule has 0 aliphatic heterocycles. The first-order valence-corrected chi connectivity index (χ1v) is 3.93. The Morgan fingerprint density at radius 2 is 2.50 bits per heavy atom. The third-order valence-corrected chi connectivity index (χ3v) is 2.07. The summed E-state index contributed by atoms with van der Waals surface area (Å²) in [5.74, 6) is 0. The fourth-order valence-electron chi connectivity index (χ4n) is 0.676. The molecule has 0 bridgehead atoms. The quantitative estimate of drug-likeness (QED) is 0.560. The molecule has 2 rings (SSSR count). The summed E-state index contributed by atoms with van der Waals surface area (Å²) < 4.78 is 2.24. The second-order valence-electron chi connectivity index (χ2n) is 1.73. The van der Waals surface area contributed by atoms with Crippen molar-refractivity contribution in [2.75, 3.05) is 0 Å². The molecule has 0 amide bonds. The van der Waals surface area contributed by atoms with E-state index in [2.05, 4.69) is 9.97 Å². The maximum absolute atomic E-state index is 4.78. The summed E-state index contributed by atoms with van der Waals surface area (Å²) in [5, 5.41) is 1.94. The molecule has 50 valence electrons. The van der Waals surface area contributed by atoms with Crippen LogP contribution in [0.4, 0.5) is 0 Å². The molecule has 0 aromatic carbocycles. The van der Waals surface area contributed by atoms with Gasteiger partial charge in [0.05, 0.1) is 0 Å². The van der Waals surface area contributed by atoms with Gasteiger partial charge in [0.2, 0.25) is 4.77 Å². The van der Waals surface area contributed by atoms with E-state index in [0.29, 0.717) is 4.77 Å². The Hall–Kier alpha value is -0.810. The molecule has 5 heteroatoms. The fraction of sp³-hybridized carbons (Fsp3) is 0. The molecule has 0 radical (unpaired) electrons. The Balaban J connectivity index is 2.99. The molecule has 0 aliphatic rings. The van der Waals surface area contributed by atoms with Crippen molar-refractivity contribution in [1.82, 2.24) is 14.4 Å². The average Bonchev–Trinajstić information content (AvgIpc) is 2.33. The van der Waals surface area contributed by atoms with Gasteiger partial charge < -0.3 is 0 Å². The van der Waals surface area contributed by atoms with Crippen molar-refractivity contribution >= 4 is 28.5 Å². The number of fused-ring (bicyclic) bond motifs is 1. The van der Waals surface area contributed by atoms with Gasteiger partial charge in [0.15, 0.2) is 4.96 Å². The molecular weight excluding hydrogens is 166 g/mol. The first kappa shape index (κ1) is 5.94. The van der Waals surface area contributed by atoms with Crippen LogP contribution in [0.25, 0.3) is 4.96 Å². The van der Waals surface area contributed by atoms with Crippen LogP contribution < -0.4 is 0 Å². The van der Waals surface area contributed by atoms with E-state index < -0.39 is 0 Å². The Morgan fingerprint density at radius 1 is 1.60 bits per heavy atom. The lowest BCUT2D eigenvalue weighted by Crippen LogP contribution is -1.87. The Morgan fingerprint density at radius 3 is 3.40 bits per heavy atom. The zero-order chi connectivity index (χ0) is 6.97. The van der Waals surface area contributed by atoms with Crippen LogP contribution >= 0.6 is 23.6 Å². The highest BCUT2D eigenvalue weighted by molar-refractivity contribution is 7.71. The van der Waals surface area contributed by atoms with E-state index in [9.17, 15) is 0 Å². The van der Waals surface area contributed by atoms with Crippen LogP contribution in [-0.4, -0.2) is 14.4 Å². The number of thiazole rings is 1. The van der Waals surface area contributed by atoms with E-state index in [1.807, 2.05) is 16.0 Å². The third-order valence-electron chi connectivity index (χ3n) is 1.10. The summed E-state index contributed by atoms with van der Waals surface area (Å²) in [6.45, 7) is 0. The molecule has 0 saturated carbocycles. The Labute approximate surface area is 66.0 Å². The van der Waals surface area contributed by atoms with Gasteiger partial charge in [-0.2, -0.15) is 4.98 Å². The number of rotatable bonds is 0. The van der Waals surface area contributed by atoms with E-state index in [-0.39, 0.29) is 0 Å². The summed E-state index contributed by atoms with van der Waals surface area (Å²) in [5.41, 5.74) is 0. The molecule has 0 atom stereocenters. The average molecular weight is 169 g/mol. The molecule has 2 aromatic heterocycles. The standard InChI is InChI=1S/C5H3N3S2/c9-4-6-3-8-1-2-10-5(8)7-4/h1-3H. The number of hydrogen-bond acceptors (Lipinski definition) is 4. The van der Waals surface area contributed by atoms with Gasteiger partial charge in [-0.3, -0.25) is 4.40 Å². The Bertz CT molecular complexity index is 402. The van der Waals surface area contributed by atoms with E-state index in [0.717, 1.165) is 4.96 Å². The van der Waals surface area contributed by atoms with Crippen molar-refractivity contribution in [3.63, 3.8) is 0 Å². The summed E-state index contributed by atoms with van der Waals surface area (Å²) in [7, 11) is 0. The van der Waals surface area contributed by atoms with Gasteiger partial charge in [0, 0.05) is 11.6 Å². The smallest absolute Gasteiger partial charge is 0.223 e. The second kappa shape index (κ2) is 2.10. The molecular formula is C5H3N3S2. The minimum atomic E-state index is 0.405. The third kappa shape index (κ3) is 0.833. The van der Waals surface area contributed by atoms with Gasteiger partial charge in [-0.25, -0.2) is 4.98 Å². The van der Waals surface area contributed by atoms with Gasteiger partial charge in [0.1, 0.15) is 6.33 Å². The van der Waals surface area contributed by atoms with Gasteiger partial charge in [-0.15, -0.1) is 11.3 Å². The molecule has 10 heavy (non-hydrogen) atoms. The first-order chi connectivity index (χ1) is 4.86. The lowest BCUT2D eigenvalue weighted by Gasteiger charge is -1.86. The van der Waals surface area contributed by atoms with Crippen molar-refractivity contribution in [2.24, 2.45) is 0 Å². The Kier molecular flexibility index (Phi) is 1.25. The van der Waals surface area contributed by atoms with Crippen molar-refractivity contribution in [1.29, 1.82) is 0 Å². The molecule has 0 spiro atoms. The van der Waals surface area contributed by atoms with E-state index in [1.165, 1.54) is 0 Å². The SMILES string of the molecule is S=c1ncn2ccsc2n1. The highest BCUT2D eigenvalue weighted by Crippen LogP contribution is 2.05. The van der Waals surface area contributed by atoms with Gasteiger partial charge >= 0.3 is 0 Å². The molecule has 2 aromatic rings. The molecule has 3 nitrogen and oxygen atoms in total. The van der Waals surface area contributed by atoms with Crippen LogP contribution in [0.1, 0.15) is 0 Å². The molecule has 0 N–H and O–H groups in total. The fourth-order valence-corrected chi connectivity index (χ4v) is 1.55. The zero-order valence-corrected chi connectivity index (χ0v) is 6.52. The maximum Gasteiger partial charge on any atom is 0.223 e. The molecule has 0 unspecified atom stereocenters. The lowest BCUT2D eigenvalue weighted by atomic mass is 10.9. The number of aromatic nitrogens is 3. The van der Waals surface area contributed by atoms with Crippen LogP contribution in [-0.2, 0) is 0 Å². The summed E-state index contributed by atoms with van der Waals surface area (Å²) in [6.07, 6.45) is 3.57. The number of nitrogens with zero attached hydrogens (tertiary/aromatic N) is 3. The topological polar surface area (TPSA) is 30.2 Å². The highest BCUT2D eigenvalue weighted by atomic mass is 32.1. The van der Waals surface area contributed by atoms with Crippen molar-refractivity contribution in [3.8, 4) is 0 Å². The zero-order valence-electron chi connectivity index (χ0n) is 4.89. The van der Waals surface area contributed by atoms with Gasteiger partial charge in [-0.05, 0) is 12.2 Å². The number of hydrogen-bond donors (Lipinski definition) is 0. The van der Waals surface area contributed by atoms with Crippen molar-refractivity contribution in [2.45, 2.75) is 0 Å². The van der Waals surface area contributed by atoms with Crippen LogP contribution in [0.3, 0.4) is 0 Å². The van der Waals surface area contributed by atoms with E-state index >= 15 is 0 Å². The minimum Gasteiger partial charge on any atom is -0.282 e. The minimum absolute atomic E-state index is 0.405. The van der Waals surface area contributed by atoms with Crippen molar-refractivity contribution in [3.05, 3.63) is 22.7 Å². The summed E-state index contributed by atoms with van der Waals surface area (Å²) in [4.78, 5) is 8.76. The largest absolute Gasteiger partial charge is 0.282 e. The van der Waals surface area contributed by atoms with Gasteiger partial charge in [-0.1, -0.05) is 0 Å². The second-order valence-corrected chi connectivity index (χ2v) is 2.97. The maximum atomic E-state index is 4.78.